The molecule has 0 aromatic heterocycles. The molecule has 103 heavy (non-hydrogen) atoms. The summed E-state index contributed by atoms with van der Waals surface area (Å²) in [6, 6.07) is -4.08. The van der Waals surface area contributed by atoms with Gasteiger partial charge in [-0.3, -0.25) is 71.9 Å². The van der Waals surface area contributed by atoms with Crippen LogP contribution in [0.3, 0.4) is 0 Å². The van der Waals surface area contributed by atoms with E-state index in [0.29, 0.717) is 58.3 Å². The first kappa shape index (κ1) is 92.8. The first-order chi connectivity index (χ1) is 48.6. The Bertz CT molecular complexity index is 2710. The minimum Gasteiger partial charge on any atom is -0.466 e. The lowest BCUT2D eigenvalue weighted by molar-refractivity contribution is -0.277. The minimum atomic E-state index is -1.83. The Morgan fingerprint density at radius 2 is 0.845 bits per heavy atom. The fourth-order valence-electron chi connectivity index (χ4n) is 10.4. The number of aliphatic hydroxyl groups is 2. The van der Waals surface area contributed by atoms with E-state index in [-0.39, 0.29) is 122 Å². The molecule has 13 atom stereocenters. The Kier molecular flexibility index (Phi) is 47.5. The van der Waals surface area contributed by atoms with E-state index >= 15 is 0 Å². The summed E-state index contributed by atoms with van der Waals surface area (Å²) in [6.07, 6.45) is -11.2. The van der Waals surface area contributed by atoms with Gasteiger partial charge >= 0.3 is 53.7 Å². The molecule has 0 aliphatic carbocycles. The molecule has 1 fully saturated rings. The maximum Gasteiger partial charge on any atom is 0.303 e. The van der Waals surface area contributed by atoms with E-state index in [1.54, 1.807) is 4.90 Å². The molecule has 588 valence electrons. The average Bonchev–Trinajstić information content (AvgIpc) is 0.787. The summed E-state index contributed by atoms with van der Waals surface area (Å²) >= 11 is 0. The van der Waals surface area contributed by atoms with Crippen LogP contribution in [0.1, 0.15) is 173 Å². The number of hydrogen-bond donors (Lipinski definition) is 8. The van der Waals surface area contributed by atoms with E-state index in [9.17, 15) is 82.1 Å². The summed E-state index contributed by atoms with van der Waals surface area (Å²) in [5, 5.41) is 38.9. The largest absolute Gasteiger partial charge is 0.466 e. The number of aliphatic hydroxyl groups excluding tert-OH is 2. The number of carbonyl (C=O) groups excluding carboxylic acids is 15. The molecule has 37 heteroatoms. The Labute approximate surface area is 599 Å². The van der Waals surface area contributed by atoms with Gasteiger partial charge in [-0.2, -0.15) is 0 Å². The van der Waals surface area contributed by atoms with E-state index < -0.39 is 158 Å². The second kappa shape index (κ2) is 52.7. The van der Waals surface area contributed by atoms with Gasteiger partial charge in [0.2, 0.25) is 35.4 Å². The SMILES string of the molecule is CC(=O)NC1C(OC(C)=O)[C@@H](OC(C)=O)C(COC(C)=O)O[C@H]1OCCCCC(=O)NCCCNCCCN(CCCNC(=O)CCCCO[C@H](O)C(NC(C)=O)C(OC(C)=O)[C@H](CCOC(C)=O)OC(C)=O)C(=O)CCCCO[C@H](O)C(NC(C)=O)C(OC(C)=O)[C@H](CCOC(C)=O)OC(C)=O. The lowest BCUT2D eigenvalue weighted by Crippen LogP contribution is -2.66. The van der Waals surface area contributed by atoms with Crippen molar-refractivity contribution in [2.24, 2.45) is 0 Å². The highest BCUT2D eigenvalue weighted by atomic mass is 16.7. The van der Waals surface area contributed by atoms with Gasteiger partial charge in [0.1, 0.15) is 43.0 Å². The second-order valence-electron chi connectivity index (χ2n) is 24.0. The second-order valence-corrected chi connectivity index (χ2v) is 24.0. The van der Waals surface area contributed by atoms with Crippen LogP contribution in [0.4, 0.5) is 0 Å². The van der Waals surface area contributed by atoms with Crippen LogP contribution in [0.15, 0.2) is 0 Å². The van der Waals surface area contributed by atoms with Crippen molar-refractivity contribution < 1.29 is 144 Å². The molecule has 6 amide bonds. The predicted molar refractivity (Wildman–Crippen MR) is 355 cm³/mol. The lowest BCUT2D eigenvalue weighted by atomic mass is 9.96. The molecular weight excluding hydrogens is 1370 g/mol. The third kappa shape index (κ3) is 43.5. The molecular formula is C66H109N7O30. The van der Waals surface area contributed by atoms with Gasteiger partial charge in [0.05, 0.1) is 13.2 Å². The first-order valence-corrected chi connectivity index (χ1v) is 34.2. The highest BCUT2D eigenvalue weighted by Crippen LogP contribution is 2.29. The van der Waals surface area contributed by atoms with Gasteiger partial charge in [0, 0.05) is 161 Å². The highest BCUT2D eigenvalue weighted by Gasteiger charge is 2.51. The molecule has 0 bridgehead atoms. The normalized spacial score (nSPS) is 17.7. The van der Waals surface area contributed by atoms with Crippen molar-refractivity contribution in [2.45, 2.75) is 253 Å². The average molecular weight is 1480 g/mol. The summed E-state index contributed by atoms with van der Waals surface area (Å²) < 4.78 is 70.7. The molecule has 1 heterocycles. The van der Waals surface area contributed by atoms with E-state index in [1.807, 2.05) is 0 Å². The molecule has 37 nitrogen and oxygen atoms in total. The predicted octanol–water partition coefficient (Wildman–Crippen LogP) is -0.697. The highest BCUT2D eigenvalue weighted by molar-refractivity contribution is 5.78. The Morgan fingerprint density at radius 3 is 1.27 bits per heavy atom. The molecule has 1 aliphatic heterocycles. The van der Waals surface area contributed by atoms with Crippen molar-refractivity contribution in [3.05, 3.63) is 0 Å². The van der Waals surface area contributed by atoms with Crippen LogP contribution >= 0.6 is 0 Å². The molecule has 0 saturated carbocycles. The Hall–Kier alpha value is -8.23. The Balaban J connectivity index is 3.01. The molecule has 1 saturated heterocycles. The zero-order chi connectivity index (χ0) is 77.6. The molecule has 1 aliphatic rings. The number of nitrogens with one attached hydrogen (secondary N) is 6. The smallest absolute Gasteiger partial charge is 0.303 e. The van der Waals surface area contributed by atoms with E-state index in [0.717, 1.165) is 76.2 Å². The molecule has 0 aromatic rings. The van der Waals surface area contributed by atoms with Crippen LogP contribution in [0.5, 0.6) is 0 Å². The molecule has 0 aromatic carbocycles. The van der Waals surface area contributed by atoms with Gasteiger partial charge in [0.25, 0.3) is 0 Å². The van der Waals surface area contributed by atoms with E-state index in [2.05, 4.69) is 31.9 Å². The van der Waals surface area contributed by atoms with Crippen LogP contribution in [-0.2, 0) is 133 Å². The number of rotatable bonds is 53. The fourth-order valence-corrected chi connectivity index (χ4v) is 10.4. The van der Waals surface area contributed by atoms with Crippen molar-refractivity contribution in [1.82, 2.24) is 36.8 Å². The summed E-state index contributed by atoms with van der Waals surface area (Å²) in [7, 11) is 0. The zero-order valence-electron chi connectivity index (χ0n) is 61.2. The van der Waals surface area contributed by atoms with Gasteiger partial charge in [-0.25, -0.2) is 0 Å². The van der Waals surface area contributed by atoms with Crippen LogP contribution in [-0.4, -0.2) is 263 Å². The van der Waals surface area contributed by atoms with Gasteiger partial charge in [-0.15, -0.1) is 0 Å². The van der Waals surface area contributed by atoms with Gasteiger partial charge in [-0.05, 0) is 70.9 Å². The summed E-state index contributed by atoms with van der Waals surface area (Å²) in [4.78, 5) is 186. The zero-order valence-corrected chi connectivity index (χ0v) is 61.2. The number of hydrogen-bond acceptors (Lipinski definition) is 31. The van der Waals surface area contributed by atoms with Crippen molar-refractivity contribution in [3.8, 4) is 0 Å². The third-order valence-corrected chi connectivity index (χ3v) is 14.7. The number of unbranched alkanes of at least 4 members (excludes halogenated alkanes) is 3. The fraction of sp³-hybridized carbons (Fsp3) is 0.773. The maximum absolute atomic E-state index is 13.8. The first-order valence-electron chi connectivity index (χ1n) is 34.2. The van der Waals surface area contributed by atoms with Crippen LogP contribution < -0.4 is 31.9 Å². The summed E-state index contributed by atoms with van der Waals surface area (Å²) in [6.45, 7) is 14.4. The van der Waals surface area contributed by atoms with E-state index in [4.69, 9.17) is 61.6 Å². The van der Waals surface area contributed by atoms with Gasteiger partial charge in [0.15, 0.2) is 43.3 Å². The van der Waals surface area contributed by atoms with Crippen molar-refractivity contribution in [1.29, 1.82) is 0 Å². The summed E-state index contributed by atoms with van der Waals surface area (Å²) in [5.41, 5.74) is 0. The molecule has 8 N–H and O–H groups in total. The number of amides is 6. The monoisotopic (exact) mass is 1480 g/mol. The van der Waals surface area contributed by atoms with Crippen molar-refractivity contribution >= 4 is 89.2 Å². The van der Waals surface area contributed by atoms with Crippen LogP contribution in [0.2, 0.25) is 0 Å². The standard InChI is InChI=1S/C66H109N7O30/c1-39(74)70-57(60(99-47(9)82)51(97-45(7)80)25-36-91-42(4)77)64(89)93-33-16-13-22-55(87)69-30-21-32-73(56(88)24-15-18-34-94-65(90)58(71-40(2)75)61(100-48(10)83)52(98-46(8)81)26-37-92-43(5)78)31-20-28-67-27-19-29-68-54(86)23-14-17-35-95-66-59(72-41(3)76)63(102-50(12)85)62(101-49(11)84)53(103-66)38-96-44(6)79/h51-53,57-67,89-90H,13-38H2,1-12H3,(H,68,86)(H,69,87)(H,70,74)(H,71,75)(H,72,76)/t51-,52-,53?,57?,58?,59?,60?,61?,62-,63?,64-,65-,66+/m0/s1. The third-order valence-electron chi connectivity index (χ3n) is 14.7. The molecule has 1 rings (SSSR count). The molecule has 0 radical (unpaired) electrons. The minimum absolute atomic E-state index is 0.0248. The topological polar surface area (TPSA) is 492 Å². The summed E-state index contributed by atoms with van der Waals surface area (Å²) in [5.74, 6) is -9.38. The number of nitrogens with zero attached hydrogens (tertiary/aromatic N) is 1. The maximum atomic E-state index is 13.8. The van der Waals surface area contributed by atoms with Crippen molar-refractivity contribution in [2.75, 3.05) is 78.9 Å². The van der Waals surface area contributed by atoms with Crippen molar-refractivity contribution in [3.63, 3.8) is 0 Å². The number of ether oxygens (including phenoxy) is 13. The Morgan fingerprint density at radius 1 is 0.427 bits per heavy atom. The van der Waals surface area contributed by atoms with Crippen LogP contribution in [0.25, 0.3) is 0 Å². The van der Waals surface area contributed by atoms with Gasteiger partial charge < -0.3 is 109 Å². The molecule has 7 unspecified atom stereocenters. The number of esters is 9. The molecule has 0 spiro atoms. The quantitative estimate of drug-likeness (QED) is 0.0162. The number of carbonyl (C=O) groups is 15. The lowest BCUT2D eigenvalue weighted by Gasteiger charge is -2.44. The van der Waals surface area contributed by atoms with Crippen LogP contribution in [0, 0.1) is 0 Å². The van der Waals surface area contributed by atoms with E-state index in [1.165, 1.54) is 6.92 Å². The van der Waals surface area contributed by atoms with Gasteiger partial charge in [-0.1, -0.05) is 0 Å².